The molecule has 0 aromatic heterocycles. The smallest absolute Gasteiger partial charge is 0.162 e. The SMILES string of the molecule is CC1(C)C2CC[C@]3(C)C(C[C@@H](O)C4C=CC(=O)[C@]43C)[C@@]2(C)CC[C@@H]1O. The van der Waals surface area contributed by atoms with Crippen LogP contribution in [0.5, 0.6) is 0 Å². The summed E-state index contributed by atoms with van der Waals surface area (Å²) < 4.78 is 0. The van der Waals surface area contributed by atoms with Gasteiger partial charge in [0, 0.05) is 11.3 Å². The maximum Gasteiger partial charge on any atom is 0.162 e. The fraction of sp³-hybridized carbons (Fsp3) is 0.864. The molecule has 0 saturated heterocycles. The van der Waals surface area contributed by atoms with Crippen LogP contribution in [-0.4, -0.2) is 28.2 Å². The Morgan fingerprint density at radius 3 is 2.36 bits per heavy atom. The number of carbonyl (C=O) groups is 1. The second kappa shape index (κ2) is 4.98. The topological polar surface area (TPSA) is 57.5 Å². The maximum atomic E-state index is 12.9. The van der Waals surface area contributed by atoms with Gasteiger partial charge in [-0.3, -0.25) is 4.79 Å². The number of rotatable bonds is 0. The lowest BCUT2D eigenvalue weighted by Crippen LogP contribution is -2.67. The molecule has 2 N–H and O–H groups in total. The second-order valence-corrected chi connectivity index (χ2v) is 10.7. The first-order chi connectivity index (χ1) is 11.5. The number of hydrogen-bond acceptors (Lipinski definition) is 3. The molecule has 0 aliphatic heterocycles. The molecule has 4 aliphatic carbocycles. The number of hydrogen-bond donors (Lipinski definition) is 2. The van der Waals surface area contributed by atoms with E-state index in [1.165, 1.54) is 0 Å². The fourth-order valence-corrected chi connectivity index (χ4v) is 7.98. The van der Waals surface area contributed by atoms with Crippen LogP contribution in [0.1, 0.15) is 66.7 Å². The summed E-state index contributed by atoms with van der Waals surface area (Å²) >= 11 is 0. The molecular weight excluding hydrogens is 312 g/mol. The first-order valence-electron chi connectivity index (χ1n) is 10.1. The van der Waals surface area contributed by atoms with Gasteiger partial charge in [0.15, 0.2) is 5.78 Å². The van der Waals surface area contributed by atoms with Crippen molar-refractivity contribution in [2.24, 2.45) is 39.4 Å². The predicted octanol–water partition coefficient (Wildman–Crippen LogP) is 3.73. The van der Waals surface area contributed by atoms with Crippen molar-refractivity contribution in [2.45, 2.75) is 78.9 Å². The molecule has 0 spiro atoms. The number of aliphatic hydroxyl groups excluding tert-OH is 2. The standard InChI is InChI=1S/C22H34O3/c1-19(2)15-8-11-21(4)16(20(15,3)10-9-17(19)24)12-14(23)13-6-7-18(25)22(13,21)5/h6-7,13-17,23-24H,8-12H2,1-5H3/t13?,14-,15?,16?,17+,20+,21-,22+/m1/s1. The van der Waals surface area contributed by atoms with E-state index < -0.39 is 11.5 Å². The molecule has 3 unspecified atom stereocenters. The van der Waals surface area contributed by atoms with Gasteiger partial charge in [-0.05, 0) is 66.3 Å². The quantitative estimate of drug-likeness (QED) is 0.702. The molecule has 0 bridgehead atoms. The summed E-state index contributed by atoms with van der Waals surface area (Å²) in [6.45, 7) is 11.3. The third kappa shape index (κ3) is 1.87. The molecule has 3 saturated carbocycles. The van der Waals surface area contributed by atoms with E-state index in [4.69, 9.17) is 0 Å². The third-order valence-electron chi connectivity index (χ3n) is 9.74. The van der Waals surface area contributed by atoms with Gasteiger partial charge >= 0.3 is 0 Å². The minimum atomic E-state index is -0.483. The predicted molar refractivity (Wildman–Crippen MR) is 97.8 cm³/mol. The van der Waals surface area contributed by atoms with E-state index in [0.717, 1.165) is 32.1 Å². The lowest BCUT2D eigenvalue weighted by atomic mass is 9.35. The van der Waals surface area contributed by atoms with E-state index in [1.807, 2.05) is 6.08 Å². The van der Waals surface area contributed by atoms with Crippen LogP contribution in [0.4, 0.5) is 0 Å². The largest absolute Gasteiger partial charge is 0.393 e. The molecule has 4 rings (SSSR count). The zero-order valence-electron chi connectivity index (χ0n) is 16.4. The first-order valence-corrected chi connectivity index (χ1v) is 10.1. The van der Waals surface area contributed by atoms with Gasteiger partial charge in [0.25, 0.3) is 0 Å². The summed E-state index contributed by atoms with van der Waals surface area (Å²) in [6.07, 6.45) is 7.71. The van der Waals surface area contributed by atoms with E-state index in [-0.39, 0.29) is 34.1 Å². The zero-order chi connectivity index (χ0) is 18.4. The highest BCUT2D eigenvalue weighted by Crippen LogP contribution is 2.72. The number of allylic oxidation sites excluding steroid dienone is 1. The van der Waals surface area contributed by atoms with E-state index in [2.05, 4.69) is 34.6 Å². The van der Waals surface area contributed by atoms with Crippen LogP contribution in [0.2, 0.25) is 0 Å². The summed E-state index contributed by atoms with van der Waals surface area (Å²) in [5.41, 5.74) is -0.590. The summed E-state index contributed by atoms with van der Waals surface area (Å²) in [5, 5.41) is 21.6. The van der Waals surface area contributed by atoms with Gasteiger partial charge in [-0.15, -0.1) is 0 Å². The van der Waals surface area contributed by atoms with Crippen molar-refractivity contribution < 1.29 is 15.0 Å². The number of aliphatic hydroxyl groups is 2. The Bertz CT molecular complexity index is 637. The van der Waals surface area contributed by atoms with E-state index in [1.54, 1.807) is 6.08 Å². The van der Waals surface area contributed by atoms with Crippen molar-refractivity contribution in [3.05, 3.63) is 12.2 Å². The minimum Gasteiger partial charge on any atom is -0.393 e. The van der Waals surface area contributed by atoms with Gasteiger partial charge in [-0.2, -0.15) is 0 Å². The normalized spacial score (nSPS) is 56.9. The molecule has 3 nitrogen and oxygen atoms in total. The summed E-state index contributed by atoms with van der Waals surface area (Å²) in [5.74, 6) is 0.939. The molecule has 25 heavy (non-hydrogen) atoms. The van der Waals surface area contributed by atoms with Gasteiger partial charge in [0.2, 0.25) is 0 Å². The highest BCUT2D eigenvalue weighted by Gasteiger charge is 2.70. The summed E-state index contributed by atoms with van der Waals surface area (Å²) in [7, 11) is 0. The summed E-state index contributed by atoms with van der Waals surface area (Å²) in [4.78, 5) is 12.9. The molecule has 0 aromatic rings. The maximum absolute atomic E-state index is 12.9. The Kier molecular flexibility index (Phi) is 3.53. The molecule has 0 heterocycles. The molecule has 140 valence electrons. The molecule has 3 fully saturated rings. The number of carbonyl (C=O) groups excluding carboxylic acids is 1. The van der Waals surface area contributed by atoms with Crippen molar-refractivity contribution in [1.82, 2.24) is 0 Å². The molecule has 0 amide bonds. The highest BCUT2D eigenvalue weighted by atomic mass is 16.3. The molecule has 4 aliphatic rings. The Hall–Kier alpha value is -0.670. The molecule has 8 atom stereocenters. The van der Waals surface area contributed by atoms with Crippen molar-refractivity contribution >= 4 is 5.78 Å². The van der Waals surface area contributed by atoms with Crippen LogP contribution in [0.3, 0.4) is 0 Å². The van der Waals surface area contributed by atoms with Crippen molar-refractivity contribution in [3.63, 3.8) is 0 Å². The van der Waals surface area contributed by atoms with Gasteiger partial charge in [0.1, 0.15) is 0 Å². The zero-order valence-corrected chi connectivity index (χ0v) is 16.4. The van der Waals surface area contributed by atoms with Crippen LogP contribution >= 0.6 is 0 Å². The minimum absolute atomic E-state index is 0.0383. The average molecular weight is 347 g/mol. The lowest BCUT2D eigenvalue weighted by molar-refractivity contribution is -0.230. The lowest BCUT2D eigenvalue weighted by Gasteiger charge is -2.69. The monoisotopic (exact) mass is 346 g/mol. The summed E-state index contributed by atoms with van der Waals surface area (Å²) in [6, 6.07) is 0. The molecular formula is C22H34O3. The van der Waals surface area contributed by atoms with Crippen LogP contribution in [0.25, 0.3) is 0 Å². The Morgan fingerprint density at radius 1 is 1.00 bits per heavy atom. The van der Waals surface area contributed by atoms with E-state index in [0.29, 0.717) is 11.8 Å². The van der Waals surface area contributed by atoms with Gasteiger partial charge in [-0.1, -0.05) is 40.7 Å². The van der Waals surface area contributed by atoms with Gasteiger partial charge in [0.05, 0.1) is 12.2 Å². The Morgan fingerprint density at radius 2 is 1.68 bits per heavy atom. The third-order valence-corrected chi connectivity index (χ3v) is 9.74. The number of ketones is 1. The van der Waals surface area contributed by atoms with Crippen LogP contribution in [-0.2, 0) is 4.79 Å². The Labute approximate surface area is 151 Å². The fourth-order valence-electron chi connectivity index (χ4n) is 7.98. The average Bonchev–Trinajstić information content (AvgIpc) is 2.84. The van der Waals surface area contributed by atoms with Crippen LogP contribution < -0.4 is 0 Å². The van der Waals surface area contributed by atoms with Crippen molar-refractivity contribution in [2.75, 3.05) is 0 Å². The van der Waals surface area contributed by atoms with Crippen LogP contribution in [0.15, 0.2) is 12.2 Å². The van der Waals surface area contributed by atoms with Crippen molar-refractivity contribution in [3.8, 4) is 0 Å². The number of fused-ring (bicyclic) bond motifs is 5. The van der Waals surface area contributed by atoms with Crippen LogP contribution in [0, 0.1) is 39.4 Å². The van der Waals surface area contributed by atoms with Crippen molar-refractivity contribution in [1.29, 1.82) is 0 Å². The van der Waals surface area contributed by atoms with Gasteiger partial charge in [-0.25, -0.2) is 0 Å². The Balaban J connectivity index is 1.82. The second-order valence-electron chi connectivity index (χ2n) is 10.7. The van der Waals surface area contributed by atoms with E-state index in [9.17, 15) is 15.0 Å². The van der Waals surface area contributed by atoms with Gasteiger partial charge < -0.3 is 10.2 Å². The first kappa shape index (κ1) is 17.7. The van der Waals surface area contributed by atoms with E-state index >= 15 is 0 Å². The molecule has 0 radical (unpaired) electrons. The molecule has 3 heteroatoms. The highest BCUT2D eigenvalue weighted by molar-refractivity contribution is 5.98. The molecule has 0 aromatic carbocycles.